The number of nitrogens with one attached hydrogen (secondary N) is 1. The van der Waals surface area contributed by atoms with Gasteiger partial charge in [0, 0.05) is 11.6 Å². The lowest BCUT2D eigenvalue weighted by Gasteiger charge is -2.24. The zero-order chi connectivity index (χ0) is 11.5. The molecule has 1 amide bonds. The largest absolute Gasteiger partial charge is 0.326 e. The Morgan fingerprint density at radius 2 is 2.25 bits per heavy atom. The van der Waals surface area contributed by atoms with Gasteiger partial charge in [0.15, 0.2) is 0 Å². The molecule has 1 aliphatic rings. The summed E-state index contributed by atoms with van der Waals surface area (Å²) in [5.41, 5.74) is 0.432. The highest BCUT2D eigenvalue weighted by Gasteiger charge is 2.25. The molecule has 3 nitrogen and oxygen atoms in total. The van der Waals surface area contributed by atoms with Crippen LogP contribution in [0.15, 0.2) is 18.2 Å². The fourth-order valence-electron chi connectivity index (χ4n) is 1.60. The molecule has 0 aromatic heterocycles. The molecule has 1 fully saturated rings. The number of hydrogen-bond acceptors (Lipinski definition) is 2. The van der Waals surface area contributed by atoms with Gasteiger partial charge in [-0.3, -0.25) is 4.79 Å². The second-order valence-corrected chi connectivity index (χ2v) is 3.92. The Morgan fingerprint density at radius 3 is 2.81 bits per heavy atom. The lowest BCUT2D eigenvalue weighted by molar-refractivity contribution is -0.122. The molecule has 1 aromatic rings. The number of rotatable bonds is 2. The molecule has 0 spiro atoms. The van der Waals surface area contributed by atoms with Crippen LogP contribution in [0.3, 0.4) is 0 Å². The lowest BCUT2D eigenvalue weighted by Crippen LogP contribution is -2.28. The van der Waals surface area contributed by atoms with E-state index in [2.05, 4.69) is 5.32 Å². The summed E-state index contributed by atoms with van der Waals surface area (Å²) in [6.45, 7) is 0. The highest BCUT2D eigenvalue weighted by atomic mass is 19.1. The number of amides is 1. The Morgan fingerprint density at radius 1 is 1.50 bits per heavy atom. The zero-order valence-corrected chi connectivity index (χ0v) is 8.66. The first kappa shape index (κ1) is 10.6. The van der Waals surface area contributed by atoms with Gasteiger partial charge in [0.1, 0.15) is 11.9 Å². The average molecular weight is 218 g/mol. The Kier molecular flexibility index (Phi) is 2.86. The SMILES string of the molecule is N#Cc1cc(NC(=O)C2CCC2)ccc1F. The van der Waals surface area contributed by atoms with Crippen molar-refractivity contribution in [2.24, 2.45) is 5.92 Å². The fourth-order valence-corrected chi connectivity index (χ4v) is 1.60. The summed E-state index contributed by atoms with van der Waals surface area (Å²) in [6, 6.07) is 5.75. The maximum absolute atomic E-state index is 13.0. The van der Waals surface area contributed by atoms with Gasteiger partial charge in [-0.05, 0) is 31.0 Å². The van der Waals surface area contributed by atoms with E-state index in [4.69, 9.17) is 5.26 Å². The standard InChI is InChI=1S/C12H11FN2O/c13-11-5-4-10(6-9(11)7-14)15-12(16)8-2-1-3-8/h4-6,8H,1-3H2,(H,15,16). The molecule has 0 unspecified atom stereocenters. The van der Waals surface area contributed by atoms with Crippen molar-refractivity contribution < 1.29 is 9.18 Å². The summed E-state index contributed by atoms with van der Waals surface area (Å²) in [5, 5.41) is 11.3. The van der Waals surface area contributed by atoms with Gasteiger partial charge in [-0.2, -0.15) is 5.26 Å². The Hall–Kier alpha value is -1.89. The minimum absolute atomic E-state index is 0.0400. The third kappa shape index (κ3) is 2.03. The van der Waals surface area contributed by atoms with E-state index in [1.807, 2.05) is 0 Å². The molecule has 0 heterocycles. The van der Waals surface area contributed by atoms with Gasteiger partial charge in [0.25, 0.3) is 0 Å². The number of nitrogens with zero attached hydrogens (tertiary/aromatic N) is 1. The van der Waals surface area contributed by atoms with Crippen LogP contribution in [-0.4, -0.2) is 5.91 Å². The van der Waals surface area contributed by atoms with E-state index in [0.717, 1.165) is 19.3 Å². The second kappa shape index (κ2) is 4.31. The fraction of sp³-hybridized carbons (Fsp3) is 0.333. The first-order valence-electron chi connectivity index (χ1n) is 5.21. The van der Waals surface area contributed by atoms with Gasteiger partial charge in [-0.15, -0.1) is 0 Å². The topological polar surface area (TPSA) is 52.9 Å². The third-order valence-corrected chi connectivity index (χ3v) is 2.83. The van der Waals surface area contributed by atoms with Crippen molar-refractivity contribution >= 4 is 11.6 Å². The summed E-state index contributed by atoms with van der Waals surface area (Å²) < 4.78 is 13.0. The second-order valence-electron chi connectivity index (χ2n) is 3.92. The molecule has 0 radical (unpaired) electrons. The molecule has 1 aromatic carbocycles. The highest BCUT2D eigenvalue weighted by Crippen LogP contribution is 2.27. The van der Waals surface area contributed by atoms with Crippen molar-refractivity contribution in [1.82, 2.24) is 0 Å². The minimum atomic E-state index is -0.566. The first-order chi connectivity index (χ1) is 7.70. The van der Waals surface area contributed by atoms with Gasteiger partial charge < -0.3 is 5.32 Å². The van der Waals surface area contributed by atoms with Crippen LogP contribution in [0.25, 0.3) is 0 Å². The van der Waals surface area contributed by atoms with Crippen LogP contribution in [0.4, 0.5) is 10.1 Å². The normalized spacial score (nSPS) is 15.0. The molecular formula is C12H11FN2O. The molecule has 4 heteroatoms. The number of benzene rings is 1. The number of hydrogen-bond donors (Lipinski definition) is 1. The summed E-state index contributed by atoms with van der Waals surface area (Å²) in [4.78, 5) is 11.6. The molecule has 1 aliphatic carbocycles. The van der Waals surface area contributed by atoms with Gasteiger partial charge in [0.2, 0.25) is 5.91 Å². The lowest BCUT2D eigenvalue weighted by atomic mass is 9.85. The van der Waals surface area contributed by atoms with E-state index in [-0.39, 0.29) is 17.4 Å². The molecule has 0 bridgehead atoms. The van der Waals surface area contributed by atoms with Gasteiger partial charge >= 0.3 is 0 Å². The highest BCUT2D eigenvalue weighted by molar-refractivity contribution is 5.93. The molecule has 0 aliphatic heterocycles. The van der Waals surface area contributed by atoms with Gasteiger partial charge in [-0.1, -0.05) is 6.42 Å². The smallest absolute Gasteiger partial charge is 0.227 e. The zero-order valence-electron chi connectivity index (χ0n) is 8.66. The number of anilines is 1. The average Bonchev–Trinajstić information content (AvgIpc) is 2.18. The van der Waals surface area contributed by atoms with E-state index < -0.39 is 5.82 Å². The molecule has 0 saturated heterocycles. The van der Waals surface area contributed by atoms with E-state index in [1.165, 1.54) is 18.2 Å². The van der Waals surface area contributed by atoms with E-state index >= 15 is 0 Å². The molecule has 82 valence electrons. The third-order valence-electron chi connectivity index (χ3n) is 2.83. The molecule has 0 atom stereocenters. The maximum atomic E-state index is 13.0. The molecule has 1 N–H and O–H groups in total. The Labute approximate surface area is 92.9 Å². The van der Waals surface area contributed by atoms with Crippen molar-refractivity contribution in [2.45, 2.75) is 19.3 Å². The molecular weight excluding hydrogens is 207 g/mol. The maximum Gasteiger partial charge on any atom is 0.227 e. The predicted octanol–water partition coefficient (Wildman–Crippen LogP) is 2.44. The van der Waals surface area contributed by atoms with E-state index in [1.54, 1.807) is 6.07 Å². The van der Waals surface area contributed by atoms with Crippen LogP contribution >= 0.6 is 0 Å². The van der Waals surface area contributed by atoms with Gasteiger partial charge in [-0.25, -0.2) is 4.39 Å². The van der Waals surface area contributed by atoms with Crippen molar-refractivity contribution in [3.63, 3.8) is 0 Å². The van der Waals surface area contributed by atoms with Crippen LogP contribution in [0.2, 0.25) is 0 Å². The quantitative estimate of drug-likeness (QED) is 0.828. The van der Waals surface area contributed by atoms with Crippen molar-refractivity contribution in [3.8, 4) is 6.07 Å². The minimum Gasteiger partial charge on any atom is -0.326 e. The van der Waals surface area contributed by atoms with Crippen LogP contribution in [0.1, 0.15) is 24.8 Å². The van der Waals surface area contributed by atoms with Crippen molar-refractivity contribution in [3.05, 3.63) is 29.6 Å². The molecule has 1 saturated carbocycles. The monoisotopic (exact) mass is 218 g/mol. The van der Waals surface area contributed by atoms with Crippen LogP contribution in [0, 0.1) is 23.1 Å². The Balaban J connectivity index is 2.09. The first-order valence-corrected chi connectivity index (χ1v) is 5.21. The van der Waals surface area contributed by atoms with E-state index in [0.29, 0.717) is 5.69 Å². The number of nitriles is 1. The van der Waals surface area contributed by atoms with Gasteiger partial charge in [0.05, 0.1) is 5.56 Å². The summed E-state index contributed by atoms with van der Waals surface area (Å²) >= 11 is 0. The van der Waals surface area contributed by atoms with Crippen LogP contribution < -0.4 is 5.32 Å². The molecule has 2 rings (SSSR count). The molecule has 16 heavy (non-hydrogen) atoms. The predicted molar refractivity (Wildman–Crippen MR) is 57.1 cm³/mol. The van der Waals surface area contributed by atoms with Crippen LogP contribution in [-0.2, 0) is 4.79 Å². The number of carbonyl (C=O) groups is 1. The summed E-state index contributed by atoms with van der Waals surface area (Å²) in [5.74, 6) is -0.526. The summed E-state index contributed by atoms with van der Waals surface area (Å²) in [7, 11) is 0. The summed E-state index contributed by atoms with van der Waals surface area (Å²) in [6.07, 6.45) is 2.92. The van der Waals surface area contributed by atoms with E-state index in [9.17, 15) is 9.18 Å². The Bertz CT molecular complexity index is 461. The van der Waals surface area contributed by atoms with Crippen LogP contribution in [0.5, 0.6) is 0 Å². The van der Waals surface area contributed by atoms with Crippen molar-refractivity contribution in [1.29, 1.82) is 5.26 Å². The number of halogens is 1. The van der Waals surface area contributed by atoms with Crippen molar-refractivity contribution in [2.75, 3.05) is 5.32 Å². The number of carbonyl (C=O) groups excluding carboxylic acids is 1.